The van der Waals surface area contributed by atoms with E-state index in [-0.39, 0.29) is 17.4 Å². The predicted molar refractivity (Wildman–Crippen MR) is 91.0 cm³/mol. The maximum atomic E-state index is 13.2. The van der Waals surface area contributed by atoms with Gasteiger partial charge in [-0.3, -0.25) is 10.1 Å². The van der Waals surface area contributed by atoms with Crippen molar-refractivity contribution in [3.63, 3.8) is 0 Å². The van der Waals surface area contributed by atoms with Crippen molar-refractivity contribution < 1.29 is 14.1 Å². The first-order valence-electron chi connectivity index (χ1n) is 7.40. The van der Waals surface area contributed by atoms with Gasteiger partial charge in [-0.25, -0.2) is 4.39 Å². The Bertz CT molecular complexity index is 722. The van der Waals surface area contributed by atoms with Gasteiger partial charge in [-0.1, -0.05) is 12.1 Å². The molecule has 0 fully saturated rings. The number of ether oxygens (including phenoxy) is 1. The zero-order valence-electron chi connectivity index (χ0n) is 13.8. The van der Waals surface area contributed by atoms with Crippen LogP contribution in [0.25, 0.3) is 0 Å². The van der Waals surface area contributed by atoms with E-state index in [4.69, 9.17) is 4.74 Å². The fourth-order valence-corrected chi connectivity index (χ4v) is 2.46. The van der Waals surface area contributed by atoms with E-state index < -0.39 is 10.7 Å². The zero-order valence-corrected chi connectivity index (χ0v) is 13.8. The number of likely N-dealkylation sites (N-methyl/N-ethyl adjacent to an activating group) is 1. The second-order valence-corrected chi connectivity index (χ2v) is 5.56. The lowest BCUT2D eigenvalue weighted by atomic mass is 10.1. The molecule has 0 amide bonds. The SMILES string of the molecule is COc1cccc(C(CNc2ccc(F)cc2[N+](=O)[O-])N(C)C)c1. The molecule has 0 aliphatic rings. The van der Waals surface area contributed by atoms with Crippen molar-refractivity contribution >= 4 is 11.4 Å². The summed E-state index contributed by atoms with van der Waals surface area (Å²) in [6.07, 6.45) is 0. The largest absolute Gasteiger partial charge is 0.497 e. The number of benzene rings is 2. The molecule has 6 nitrogen and oxygen atoms in total. The third kappa shape index (κ3) is 4.20. The van der Waals surface area contributed by atoms with Crippen LogP contribution in [0.4, 0.5) is 15.8 Å². The molecule has 0 spiro atoms. The highest BCUT2D eigenvalue weighted by Gasteiger charge is 2.19. The van der Waals surface area contributed by atoms with Gasteiger partial charge < -0.3 is 15.0 Å². The van der Waals surface area contributed by atoms with Crippen molar-refractivity contribution in [1.29, 1.82) is 0 Å². The van der Waals surface area contributed by atoms with Gasteiger partial charge in [0.1, 0.15) is 17.3 Å². The average Bonchev–Trinajstić information content (AvgIpc) is 2.56. The first kappa shape index (κ1) is 17.7. The van der Waals surface area contributed by atoms with Crippen molar-refractivity contribution in [2.24, 2.45) is 0 Å². The Morgan fingerprint density at radius 3 is 2.67 bits per heavy atom. The molecule has 1 atom stereocenters. The fraction of sp³-hybridized carbons (Fsp3) is 0.294. The number of anilines is 1. The normalized spacial score (nSPS) is 12.0. The Morgan fingerprint density at radius 1 is 1.29 bits per heavy atom. The van der Waals surface area contributed by atoms with E-state index >= 15 is 0 Å². The second kappa shape index (κ2) is 7.74. The lowest BCUT2D eigenvalue weighted by Gasteiger charge is -2.25. The molecule has 0 saturated heterocycles. The minimum atomic E-state index is -0.635. The summed E-state index contributed by atoms with van der Waals surface area (Å²) in [6, 6.07) is 11.1. The number of nitrogens with one attached hydrogen (secondary N) is 1. The summed E-state index contributed by atoms with van der Waals surface area (Å²) in [7, 11) is 5.44. The number of hydrogen-bond donors (Lipinski definition) is 1. The van der Waals surface area contributed by atoms with Crippen LogP contribution < -0.4 is 10.1 Å². The number of nitrogens with zero attached hydrogens (tertiary/aromatic N) is 2. The van der Waals surface area contributed by atoms with Crippen molar-refractivity contribution in [2.75, 3.05) is 33.1 Å². The summed E-state index contributed by atoms with van der Waals surface area (Å²) < 4.78 is 18.5. The van der Waals surface area contributed by atoms with Crippen molar-refractivity contribution in [2.45, 2.75) is 6.04 Å². The number of methoxy groups -OCH3 is 1. The van der Waals surface area contributed by atoms with Crippen molar-refractivity contribution in [3.05, 3.63) is 64.0 Å². The summed E-state index contributed by atoms with van der Waals surface area (Å²) in [5.74, 6) is 0.108. The molecule has 0 aliphatic carbocycles. The Balaban J connectivity index is 2.22. The predicted octanol–water partition coefficient (Wildman–Crippen LogP) is 3.46. The number of halogens is 1. The summed E-state index contributed by atoms with van der Waals surface area (Å²) in [6.45, 7) is 0.423. The molecule has 1 N–H and O–H groups in total. The lowest BCUT2D eigenvalue weighted by molar-refractivity contribution is -0.384. The summed E-state index contributed by atoms with van der Waals surface area (Å²) >= 11 is 0. The van der Waals surface area contributed by atoms with Crippen LogP contribution in [-0.2, 0) is 0 Å². The Morgan fingerprint density at radius 2 is 2.04 bits per heavy atom. The molecule has 2 aromatic carbocycles. The van der Waals surface area contributed by atoms with Gasteiger partial charge in [-0.2, -0.15) is 0 Å². The van der Waals surface area contributed by atoms with Gasteiger partial charge in [0, 0.05) is 6.54 Å². The lowest BCUT2D eigenvalue weighted by Crippen LogP contribution is -2.27. The van der Waals surface area contributed by atoms with Crippen LogP contribution in [0.2, 0.25) is 0 Å². The van der Waals surface area contributed by atoms with Crippen LogP contribution in [0.5, 0.6) is 5.75 Å². The molecule has 0 bridgehead atoms. The van der Waals surface area contributed by atoms with Crippen LogP contribution in [0.3, 0.4) is 0 Å². The van der Waals surface area contributed by atoms with Gasteiger partial charge in [0.15, 0.2) is 0 Å². The van der Waals surface area contributed by atoms with Crippen LogP contribution in [-0.4, -0.2) is 37.6 Å². The fourth-order valence-electron chi connectivity index (χ4n) is 2.46. The van der Waals surface area contributed by atoms with Crippen LogP contribution in [0.15, 0.2) is 42.5 Å². The highest BCUT2D eigenvalue weighted by molar-refractivity contribution is 5.61. The second-order valence-electron chi connectivity index (χ2n) is 5.56. The Labute approximate surface area is 140 Å². The smallest absolute Gasteiger partial charge is 0.295 e. The first-order valence-corrected chi connectivity index (χ1v) is 7.40. The van der Waals surface area contributed by atoms with E-state index in [9.17, 15) is 14.5 Å². The topological polar surface area (TPSA) is 67.6 Å². The van der Waals surface area contributed by atoms with Gasteiger partial charge in [-0.15, -0.1) is 0 Å². The standard InChI is InChI=1S/C17H20FN3O3/c1-20(2)17(12-5-4-6-14(9-12)24-3)11-19-15-8-7-13(18)10-16(15)21(22)23/h4-10,17,19H,11H2,1-3H3. The molecule has 7 heteroatoms. The Hall–Kier alpha value is -2.67. The monoisotopic (exact) mass is 333 g/mol. The van der Waals surface area contributed by atoms with E-state index in [1.54, 1.807) is 7.11 Å². The molecule has 0 aliphatic heterocycles. The zero-order chi connectivity index (χ0) is 17.7. The molecular formula is C17H20FN3O3. The summed E-state index contributed by atoms with van der Waals surface area (Å²) in [5, 5.41) is 14.1. The van der Waals surface area contributed by atoms with E-state index in [2.05, 4.69) is 5.32 Å². The first-order chi connectivity index (χ1) is 11.4. The highest BCUT2D eigenvalue weighted by atomic mass is 19.1. The van der Waals surface area contributed by atoms with Crippen LogP contribution in [0.1, 0.15) is 11.6 Å². The van der Waals surface area contributed by atoms with E-state index in [0.717, 1.165) is 17.4 Å². The van der Waals surface area contributed by atoms with Crippen LogP contribution >= 0.6 is 0 Å². The van der Waals surface area contributed by atoms with E-state index in [0.29, 0.717) is 6.54 Å². The quantitative estimate of drug-likeness (QED) is 0.621. The molecular weight excluding hydrogens is 313 g/mol. The molecule has 1 unspecified atom stereocenters. The van der Waals surface area contributed by atoms with Crippen LogP contribution in [0, 0.1) is 15.9 Å². The number of hydrogen-bond acceptors (Lipinski definition) is 5. The molecule has 0 radical (unpaired) electrons. The molecule has 24 heavy (non-hydrogen) atoms. The minimum Gasteiger partial charge on any atom is -0.497 e. The molecule has 2 aromatic rings. The highest BCUT2D eigenvalue weighted by Crippen LogP contribution is 2.27. The molecule has 0 saturated carbocycles. The molecule has 0 heterocycles. The van der Waals surface area contributed by atoms with Gasteiger partial charge >= 0.3 is 0 Å². The third-order valence-electron chi connectivity index (χ3n) is 3.74. The Kier molecular flexibility index (Phi) is 5.70. The number of rotatable bonds is 7. The van der Waals surface area contributed by atoms with Gasteiger partial charge in [0.05, 0.1) is 24.1 Å². The van der Waals surface area contributed by atoms with Crippen molar-refractivity contribution in [3.8, 4) is 5.75 Å². The number of nitro groups is 1. The maximum Gasteiger partial charge on any atom is 0.295 e. The summed E-state index contributed by atoms with van der Waals surface area (Å²) in [4.78, 5) is 12.5. The molecule has 2 rings (SSSR count). The van der Waals surface area contributed by atoms with Gasteiger partial charge in [-0.05, 0) is 43.9 Å². The van der Waals surface area contributed by atoms with E-state index in [1.165, 1.54) is 12.1 Å². The minimum absolute atomic E-state index is 0.0373. The van der Waals surface area contributed by atoms with Gasteiger partial charge in [0.2, 0.25) is 0 Å². The van der Waals surface area contributed by atoms with Gasteiger partial charge in [0.25, 0.3) is 5.69 Å². The average molecular weight is 333 g/mol. The summed E-state index contributed by atoms with van der Waals surface area (Å²) in [5.41, 5.74) is 1.02. The third-order valence-corrected chi connectivity index (χ3v) is 3.74. The van der Waals surface area contributed by atoms with Crippen molar-refractivity contribution in [1.82, 2.24) is 4.90 Å². The maximum absolute atomic E-state index is 13.2. The van der Waals surface area contributed by atoms with E-state index in [1.807, 2.05) is 43.3 Å². The molecule has 128 valence electrons. The molecule has 0 aromatic heterocycles. The number of nitro benzene ring substituents is 1.